The zero-order valence-electron chi connectivity index (χ0n) is 14.3. The third kappa shape index (κ3) is 4.19. The molecule has 4 heteroatoms. The van der Waals surface area contributed by atoms with Crippen LogP contribution in [0.3, 0.4) is 0 Å². The molecule has 3 nitrogen and oxygen atoms in total. The highest BCUT2D eigenvalue weighted by Gasteiger charge is 2.26. The van der Waals surface area contributed by atoms with E-state index in [2.05, 4.69) is 38.0 Å². The molecule has 21 heavy (non-hydrogen) atoms. The number of hydrogen-bond acceptors (Lipinski definition) is 4. The molecule has 1 aromatic heterocycles. The highest BCUT2D eigenvalue weighted by Crippen LogP contribution is 2.35. The summed E-state index contributed by atoms with van der Waals surface area (Å²) >= 11 is 1.87. The van der Waals surface area contributed by atoms with Gasteiger partial charge in [-0.2, -0.15) is 0 Å². The van der Waals surface area contributed by atoms with Gasteiger partial charge < -0.3 is 10.2 Å². The first-order valence-electron chi connectivity index (χ1n) is 8.31. The van der Waals surface area contributed by atoms with E-state index in [4.69, 9.17) is 4.98 Å². The standard InChI is InChI=1S/C17H31N3S/c1-17(2,3)15-14(12-18-4)21-16(19-15)20(5)13-10-8-6-7-9-11-13/h13,18H,6-12H2,1-5H3. The molecule has 1 saturated carbocycles. The topological polar surface area (TPSA) is 28.2 Å². The van der Waals surface area contributed by atoms with Crippen LogP contribution in [0.5, 0.6) is 0 Å². The number of anilines is 1. The van der Waals surface area contributed by atoms with Crippen molar-refractivity contribution in [2.24, 2.45) is 0 Å². The summed E-state index contributed by atoms with van der Waals surface area (Å²) in [5.74, 6) is 0. The number of aromatic nitrogens is 1. The van der Waals surface area contributed by atoms with Crippen LogP contribution in [0.2, 0.25) is 0 Å². The minimum atomic E-state index is 0.116. The van der Waals surface area contributed by atoms with E-state index < -0.39 is 0 Å². The fraction of sp³-hybridized carbons (Fsp3) is 0.824. The first kappa shape index (κ1) is 16.8. The summed E-state index contributed by atoms with van der Waals surface area (Å²) < 4.78 is 0. The maximum atomic E-state index is 5.01. The smallest absolute Gasteiger partial charge is 0.185 e. The van der Waals surface area contributed by atoms with Gasteiger partial charge in [-0.1, -0.05) is 46.5 Å². The first-order valence-corrected chi connectivity index (χ1v) is 9.12. The second kappa shape index (κ2) is 7.10. The minimum Gasteiger partial charge on any atom is -0.348 e. The van der Waals surface area contributed by atoms with E-state index in [-0.39, 0.29) is 5.41 Å². The fourth-order valence-electron chi connectivity index (χ4n) is 3.16. The number of rotatable bonds is 4. The van der Waals surface area contributed by atoms with Crippen molar-refractivity contribution in [3.8, 4) is 0 Å². The van der Waals surface area contributed by atoms with E-state index in [0.717, 1.165) is 6.54 Å². The Kier molecular flexibility index (Phi) is 5.67. The summed E-state index contributed by atoms with van der Waals surface area (Å²) in [6.07, 6.45) is 8.19. The van der Waals surface area contributed by atoms with Gasteiger partial charge in [0.15, 0.2) is 5.13 Å². The fourth-order valence-corrected chi connectivity index (χ4v) is 4.47. The third-order valence-electron chi connectivity index (χ3n) is 4.41. The molecule has 0 unspecified atom stereocenters. The van der Waals surface area contributed by atoms with Crippen LogP contribution in [-0.2, 0) is 12.0 Å². The van der Waals surface area contributed by atoms with Crippen LogP contribution in [0.4, 0.5) is 5.13 Å². The summed E-state index contributed by atoms with van der Waals surface area (Å²) in [6.45, 7) is 7.70. The van der Waals surface area contributed by atoms with Crippen LogP contribution < -0.4 is 10.2 Å². The van der Waals surface area contributed by atoms with Gasteiger partial charge in [-0.05, 0) is 19.9 Å². The molecule has 1 aliphatic carbocycles. The van der Waals surface area contributed by atoms with Crippen molar-refractivity contribution >= 4 is 16.5 Å². The SMILES string of the molecule is CNCc1sc(N(C)C2CCCCCC2)nc1C(C)(C)C. The highest BCUT2D eigenvalue weighted by atomic mass is 32.1. The van der Waals surface area contributed by atoms with Crippen molar-refractivity contribution in [2.75, 3.05) is 19.0 Å². The van der Waals surface area contributed by atoms with Gasteiger partial charge >= 0.3 is 0 Å². The Morgan fingerprint density at radius 1 is 1.19 bits per heavy atom. The molecule has 1 N–H and O–H groups in total. The molecular formula is C17H31N3S. The molecule has 1 aromatic rings. The van der Waals surface area contributed by atoms with Crippen LogP contribution >= 0.6 is 11.3 Å². The molecule has 0 spiro atoms. The Labute approximate surface area is 134 Å². The molecular weight excluding hydrogens is 278 g/mol. The summed E-state index contributed by atoms with van der Waals surface area (Å²) in [7, 11) is 4.26. The lowest BCUT2D eigenvalue weighted by Gasteiger charge is -2.26. The number of nitrogens with zero attached hydrogens (tertiary/aromatic N) is 2. The van der Waals surface area contributed by atoms with Gasteiger partial charge in [-0.3, -0.25) is 0 Å². The summed E-state index contributed by atoms with van der Waals surface area (Å²) in [5, 5.41) is 4.50. The second-order valence-electron chi connectivity index (χ2n) is 7.30. The quantitative estimate of drug-likeness (QED) is 0.840. The monoisotopic (exact) mass is 309 g/mol. The maximum Gasteiger partial charge on any atom is 0.185 e. The Morgan fingerprint density at radius 3 is 2.33 bits per heavy atom. The van der Waals surface area contributed by atoms with E-state index in [1.54, 1.807) is 0 Å². The van der Waals surface area contributed by atoms with Gasteiger partial charge in [0.05, 0.1) is 5.69 Å². The molecule has 120 valence electrons. The molecule has 0 bridgehead atoms. The van der Waals surface area contributed by atoms with Gasteiger partial charge in [0.25, 0.3) is 0 Å². The molecule has 1 fully saturated rings. The molecule has 2 rings (SSSR count). The normalized spacial score (nSPS) is 17.8. The Balaban J connectivity index is 2.22. The van der Waals surface area contributed by atoms with Crippen molar-refractivity contribution in [3.63, 3.8) is 0 Å². The zero-order valence-corrected chi connectivity index (χ0v) is 15.1. The van der Waals surface area contributed by atoms with Gasteiger partial charge in [0.1, 0.15) is 0 Å². The van der Waals surface area contributed by atoms with E-state index in [1.807, 2.05) is 18.4 Å². The number of thiazole rings is 1. The molecule has 0 amide bonds. The van der Waals surface area contributed by atoms with Crippen molar-refractivity contribution in [1.29, 1.82) is 0 Å². The average Bonchev–Trinajstić information content (AvgIpc) is 2.67. The summed E-state index contributed by atoms with van der Waals surface area (Å²) in [4.78, 5) is 8.85. The van der Waals surface area contributed by atoms with Crippen LogP contribution in [0.25, 0.3) is 0 Å². The molecule has 0 aliphatic heterocycles. The average molecular weight is 310 g/mol. The van der Waals surface area contributed by atoms with Gasteiger partial charge in [0.2, 0.25) is 0 Å². The first-order chi connectivity index (χ1) is 9.93. The molecule has 1 aliphatic rings. The third-order valence-corrected chi connectivity index (χ3v) is 5.55. The number of nitrogens with one attached hydrogen (secondary N) is 1. The molecule has 0 radical (unpaired) electrons. The zero-order chi connectivity index (χ0) is 15.5. The van der Waals surface area contributed by atoms with Crippen molar-refractivity contribution in [1.82, 2.24) is 10.3 Å². The number of hydrogen-bond donors (Lipinski definition) is 1. The lowest BCUT2D eigenvalue weighted by atomic mass is 9.91. The van der Waals surface area contributed by atoms with E-state index in [1.165, 1.54) is 54.2 Å². The minimum absolute atomic E-state index is 0.116. The lowest BCUT2D eigenvalue weighted by molar-refractivity contribution is 0.543. The van der Waals surface area contributed by atoms with Gasteiger partial charge in [0, 0.05) is 29.9 Å². The van der Waals surface area contributed by atoms with Crippen molar-refractivity contribution < 1.29 is 0 Å². The predicted molar refractivity (Wildman–Crippen MR) is 93.5 cm³/mol. The predicted octanol–water partition coefficient (Wildman–Crippen LogP) is 4.32. The highest BCUT2D eigenvalue weighted by molar-refractivity contribution is 7.15. The van der Waals surface area contributed by atoms with E-state index in [9.17, 15) is 0 Å². The molecule has 1 heterocycles. The Morgan fingerprint density at radius 2 is 1.81 bits per heavy atom. The van der Waals surface area contributed by atoms with Gasteiger partial charge in [-0.25, -0.2) is 4.98 Å². The van der Waals surface area contributed by atoms with Crippen LogP contribution in [0, 0.1) is 0 Å². The van der Waals surface area contributed by atoms with Crippen LogP contribution in [0.1, 0.15) is 69.9 Å². The maximum absolute atomic E-state index is 5.01. The molecule has 0 atom stereocenters. The van der Waals surface area contributed by atoms with Gasteiger partial charge in [-0.15, -0.1) is 11.3 Å². The van der Waals surface area contributed by atoms with E-state index >= 15 is 0 Å². The Bertz CT molecular complexity index is 439. The lowest BCUT2D eigenvalue weighted by Crippen LogP contribution is -2.31. The van der Waals surface area contributed by atoms with Crippen molar-refractivity contribution in [3.05, 3.63) is 10.6 Å². The van der Waals surface area contributed by atoms with Crippen LogP contribution in [0.15, 0.2) is 0 Å². The largest absolute Gasteiger partial charge is 0.348 e. The second-order valence-corrected chi connectivity index (χ2v) is 8.37. The summed E-state index contributed by atoms with van der Waals surface area (Å²) in [6, 6.07) is 0.675. The summed E-state index contributed by atoms with van der Waals surface area (Å²) in [5.41, 5.74) is 1.38. The Hall–Kier alpha value is -0.610. The van der Waals surface area contributed by atoms with Crippen LogP contribution in [-0.4, -0.2) is 25.1 Å². The van der Waals surface area contributed by atoms with Crippen molar-refractivity contribution in [2.45, 2.75) is 77.3 Å². The van der Waals surface area contributed by atoms with E-state index in [0.29, 0.717) is 6.04 Å². The molecule has 0 saturated heterocycles. The molecule has 0 aromatic carbocycles.